The van der Waals surface area contributed by atoms with Crippen LogP contribution < -0.4 is 5.32 Å². The highest BCUT2D eigenvalue weighted by molar-refractivity contribution is 7.98. The zero-order valence-electron chi connectivity index (χ0n) is 12.5. The third-order valence-electron chi connectivity index (χ3n) is 3.15. The Labute approximate surface area is 132 Å². The molecule has 0 aliphatic rings. The molecule has 1 aromatic carbocycles. The number of aryl methyl sites for hydroxylation is 2. The summed E-state index contributed by atoms with van der Waals surface area (Å²) >= 11 is 1.62. The van der Waals surface area contributed by atoms with Gasteiger partial charge in [0.15, 0.2) is 0 Å². The van der Waals surface area contributed by atoms with E-state index in [2.05, 4.69) is 20.4 Å². The van der Waals surface area contributed by atoms with E-state index in [0.29, 0.717) is 5.78 Å². The summed E-state index contributed by atoms with van der Waals surface area (Å²) in [4.78, 5) is 21.8. The van der Waals surface area contributed by atoms with Crippen molar-refractivity contribution in [2.75, 3.05) is 11.6 Å². The minimum Gasteiger partial charge on any atom is -0.319 e. The first kappa shape index (κ1) is 14.5. The van der Waals surface area contributed by atoms with E-state index in [1.807, 2.05) is 50.4 Å². The van der Waals surface area contributed by atoms with E-state index in [-0.39, 0.29) is 11.7 Å². The molecule has 3 aromatic rings. The number of amides is 1. The molecular formula is C15H15N5OS. The van der Waals surface area contributed by atoms with Crippen LogP contribution in [0.3, 0.4) is 0 Å². The van der Waals surface area contributed by atoms with Crippen molar-refractivity contribution in [1.29, 1.82) is 0 Å². The van der Waals surface area contributed by atoms with Gasteiger partial charge in [-0.2, -0.15) is 4.98 Å². The second-order valence-electron chi connectivity index (χ2n) is 4.87. The molecule has 6 nitrogen and oxygen atoms in total. The SMILES string of the molecule is CSc1cccc(NC(=O)c2nc3nc(C)cc(C)n3n2)c1. The topological polar surface area (TPSA) is 72.2 Å². The lowest BCUT2D eigenvalue weighted by Crippen LogP contribution is -2.14. The van der Waals surface area contributed by atoms with Crippen LogP contribution in [-0.2, 0) is 0 Å². The molecule has 2 heterocycles. The second-order valence-corrected chi connectivity index (χ2v) is 5.75. The predicted molar refractivity (Wildman–Crippen MR) is 86.4 cm³/mol. The summed E-state index contributed by atoms with van der Waals surface area (Å²) in [5.74, 6) is 0.192. The summed E-state index contributed by atoms with van der Waals surface area (Å²) in [5, 5.41) is 7.03. The first-order chi connectivity index (χ1) is 10.6. The van der Waals surface area contributed by atoms with Gasteiger partial charge in [0.05, 0.1) is 0 Å². The maximum absolute atomic E-state index is 12.3. The van der Waals surface area contributed by atoms with Gasteiger partial charge in [-0.3, -0.25) is 4.79 Å². The van der Waals surface area contributed by atoms with E-state index >= 15 is 0 Å². The van der Waals surface area contributed by atoms with Crippen molar-refractivity contribution in [3.05, 3.63) is 47.5 Å². The van der Waals surface area contributed by atoms with Crippen LogP contribution in [0.25, 0.3) is 5.78 Å². The van der Waals surface area contributed by atoms with Crippen LogP contribution in [0.2, 0.25) is 0 Å². The number of hydrogen-bond donors (Lipinski definition) is 1. The van der Waals surface area contributed by atoms with E-state index in [1.54, 1.807) is 16.3 Å². The third kappa shape index (κ3) is 2.80. The molecule has 2 aromatic heterocycles. The van der Waals surface area contributed by atoms with Gasteiger partial charge in [0, 0.05) is 22.0 Å². The zero-order chi connectivity index (χ0) is 15.7. The predicted octanol–water partition coefficient (Wildman–Crippen LogP) is 2.72. The van der Waals surface area contributed by atoms with Crippen molar-refractivity contribution in [3.63, 3.8) is 0 Å². The highest BCUT2D eigenvalue weighted by Crippen LogP contribution is 2.19. The number of thioether (sulfide) groups is 1. The lowest BCUT2D eigenvalue weighted by atomic mass is 10.3. The smallest absolute Gasteiger partial charge is 0.295 e. The van der Waals surface area contributed by atoms with Crippen LogP contribution in [0.5, 0.6) is 0 Å². The number of benzene rings is 1. The first-order valence-corrected chi connectivity index (χ1v) is 7.96. The quantitative estimate of drug-likeness (QED) is 0.753. The standard InChI is InChI=1S/C15H15N5OS/c1-9-7-10(2)20-15(16-9)18-13(19-20)14(21)17-11-5-4-6-12(8-11)22-3/h4-8H,1-3H3,(H,17,21). The van der Waals surface area contributed by atoms with Crippen LogP contribution in [0.15, 0.2) is 35.2 Å². The molecule has 0 radical (unpaired) electrons. The van der Waals surface area contributed by atoms with Crippen molar-refractivity contribution >= 4 is 29.1 Å². The average Bonchev–Trinajstić information content (AvgIpc) is 2.92. The van der Waals surface area contributed by atoms with Gasteiger partial charge < -0.3 is 5.32 Å². The number of anilines is 1. The minimum absolute atomic E-state index is 0.107. The van der Waals surface area contributed by atoms with Crippen molar-refractivity contribution in [1.82, 2.24) is 19.6 Å². The molecule has 0 spiro atoms. The van der Waals surface area contributed by atoms with Crippen LogP contribution in [0.4, 0.5) is 5.69 Å². The molecule has 1 N–H and O–H groups in total. The van der Waals surface area contributed by atoms with Crippen molar-refractivity contribution < 1.29 is 4.79 Å². The Morgan fingerprint density at radius 3 is 2.82 bits per heavy atom. The Morgan fingerprint density at radius 2 is 2.05 bits per heavy atom. The van der Waals surface area contributed by atoms with Crippen molar-refractivity contribution in [2.45, 2.75) is 18.7 Å². The maximum Gasteiger partial charge on any atom is 0.295 e. The average molecular weight is 313 g/mol. The maximum atomic E-state index is 12.3. The lowest BCUT2D eigenvalue weighted by molar-refractivity contribution is 0.101. The zero-order valence-corrected chi connectivity index (χ0v) is 13.3. The summed E-state index contributed by atoms with van der Waals surface area (Å²) in [5.41, 5.74) is 2.45. The monoisotopic (exact) mass is 313 g/mol. The van der Waals surface area contributed by atoms with E-state index in [9.17, 15) is 4.79 Å². The molecule has 0 aliphatic heterocycles. The van der Waals surface area contributed by atoms with Gasteiger partial charge in [-0.25, -0.2) is 9.50 Å². The summed E-state index contributed by atoms with van der Waals surface area (Å²) in [6, 6.07) is 9.52. The number of carbonyl (C=O) groups is 1. The van der Waals surface area contributed by atoms with Gasteiger partial charge in [-0.05, 0) is 44.4 Å². The van der Waals surface area contributed by atoms with Crippen LogP contribution in [-0.4, -0.2) is 31.7 Å². The molecule has 0 saturated heterocycles. The van der Waals surface area contributed by atoms with Gasteiger partial charge in [0.1, 0.15) is 0 Å². The van der Waals surface area contributed by atoms with Crippen LogP contribution in [0.1, 0.15) is 22.0 Å². The number of nitrogens with zero attached hydrogens (tertiary/aromatic N) is 4. The van der Waals surface area contributed by atoms with E-state index in [1.165, 1.54) is 0 Å². The Balaban J connectivity index is 1.90. The summed E-state index contributed by atoms with van der Waals surface area (Å²) < 4.78 is 1.57. The highest BCUT2D eigenvalue weighted by atomic mass is 32.2. The van der Waals surface area contributed by atoms with Crippen LogP contribution in [0, 0.1) is 13.8 Å². The molecule has 0 atom stereocenters. The molecule has 7 heteroatoms. The Kier molecular flexibility index (Phi) is 3.81. The Hall–Kier alpha value is -2.41. The molecule has 0 fully saturated rings. The molecule has 3 rings (SSSR count). The van der Waals surface area contributed by atoms with Gasteiger partial charge in [0.2, 0.25) is 5.82 Å². The molecular weight excluding hydrogens is 298 g/mol. The third-order valence-corrected chi connectivity index (χ3v) is 3.87. The van der Waals surface area contributed by atoms with Gasteiger partial charge in [0.25, 0.3) is 11.7 Å². The van der Waals surface area contributed by atoms with Gasteiger partial charge in [-0.15, -0.1) is 16.9 Å². The number of carbonyl (C=O) groups excluding carboxylic acids is 1. The Morgan fingerprint density at radius 1 is 1.23 bits per heavy atom. The Bertz CT molecular complexity index is 858. The van der Waals surface area contributed by atoms with Crippen molar-refractivity contribution in [3.8, 4) is 0 Å². The number of nitrogens with one attached hydrogen (secondary N) is 1. The van der Waals surface area contributed by atoms with Crippen molar-refractivity contribution in [2.24, 2.45) is 0 Å². The fourth-order valence-corrected chi connectivity index (χ4v) is 2.61. The summed E-state index contributed by atoms with van der Waals surface area (Å²) in [7, 11) is 0. The fraction of sp³-hybridized carbons (Fsp3) is 0.200. The largest absolute Gasteiger partial charge is 0.319 e. The molecule has 112 valence electrons. The van der Waals surface area contributed by atoms with Gasteiger partial charge in [-0.1, -0.05) is 6.07 Å². The summed E-state index contributed by atoms with van der Waals surface area (Å²) in [6.45, 7) is 3.79. The number of fused-ring (bicyclic) bond motifs is 1. The van der Waals surface area contributed by atoms with E-state index in [4.69, 9.17) is 0 Å². The lowest BCUT2D eigenvalue weighted by Gasteiger charge is -2.03. The fourth-order valence-electron chi connectivity index (χ4n) is 2.15. The van der Waals surface area contributed by atoms with E-state index in [0.717, 1.165) is 22.0 Å². The second kappa shape index (κ2) is 5.76. The number of hydrogen-bond acceptors (Lipinski definition) is 5. The minimum atomic E-state index is -0.346. The highest BCUT2D eigenvalue weighted by Gasteiger charge is 2.15. The van der Waals surface area contributed by atoms with E-state index < -0.39 is 0 Å². The first-order valence-electron chi connectivity index (χ1n) is 6.73. The van der Waals surface area contributed by atoms with Gasteiger partial charge >= 0.3 is 0 Å². The molecule has 22 heavy (non-hydrogen) atoms. The molecule has 0 saturated carbocycles. The normalized spacial score (nSPS) is 10.9. The molecule has 0 unspecified atom stereocenters. The number of rotatable bonds is 3. The summed E-state index contributed by atoms with van der Waals surface area (Å²) in [6.07, 6.45) is 1.99. The molecule has 0 aliphatic carbocycles. The van der Waals surface area contributed by atoms with Crippen LogP contribution >= 0.6 is 11.8 Å². The molecule has 0 bridgehead atoms. The number of aromatic nitrogens is 4. The molecule has 1 amide bonds.